The van der Waals surface area contributed by atoms with Crippen LogP contribution >= 0.6 is 0 Å². The molecule has 0 amide bonds. The van der Waals surface area contributed by atoms with Crippen LogP contribution < -0.4 is 0 Å². The second kappa shape index (κ2) is 4.33. The van der Waals surface area contributed by atoms with Gasteiger partial charge in [0.2, 0.25) is 0 Å². The van der Waals surface area contributed by atoms with Crippen molar-refractivity contribution in [2.45, 2.75) is 24.4 Å². The summed E-state index contributed by atoms with van der Waals surface area (Å²) in [7, 11) is 0. The van der Waals surface area contributed by atoms with Gasteiger partial charge in [-0.05, 0) is 12.1 Å². The Morgan fingerprint density at radius 3 is 2.67 bits per heavy atom. The molecule has 1 fully saturated rings. The van der Waals surface area contributed by atoms with Crippen molar-refractivity contribution in [2.75, 3.05) is 6.61 Å². The minimum Gasteiger partial charge on any atom is -0.394 e. The molecule has 18 heavy (non-hydrogen) atoms. The largest absolute Gasteiger partial charge is 0.394 e. The lowest BCUT2D eigenvalue weighted by Crippen LogP contribution is -2.32. The van der Waals surface area contributed by atoms with E-state index in [2.05, 4.69) is 9.97 Å². The molecular weight excluding hydrogens is 236 g/mol. The molecule has 1 saturated heterocycles. The molecule has 0 aliphatic carbocycles. The van der Waals surface area contributed by atoms with E-state index in [1.165, 1.54) is 0 Å². The monoisotopic (exact) mass is 250 g/mol. The quantitative estimate of drug-likeness (QED) is 0.587. The van der Waals surface area contributed by atoms with Gasteiger partial charge >= 0.3 is 0 Å². The van der Waals surface area contributed by atoms with Crippen LogP contribution in [0.1, 0.15) is 11.9 Å². The van der Waals surface area contributed by atoms with Gasteiger partial charge in [-0.3, -0.25) is 0 Å². The number of fused-ring (bicyclic) bond motifs is 1. The first-order valence-electron chi connectivity index (χ1n) is 5.78. The smallest absolute Gasteiger partial charge is 0.144 e. The van der Waals surface area contributed by atoms with Gasteiger partial charge in [0.1, 0.15) is 30.2 Å². The Morgan fingerprint density at radius 2 is 2.00 bits per heavy atom. The third-order valence-corrected chi connectivity index (χ3v) is 3.22. The van der Waals surface area contributed by atoms with Gasteiger partial charge in [0, 0.05) is 0 Å². The molecule has 96 valence electrons. The van der Waals surface area contributed by atoms with E-state index in [4.69, 9.17) is 9.84 Å². The van der Waals surface area contributed by atoms with Gasteiger partial charge in [-0.2, -0.15) is 0 Å². The Kier molecular flexibility index (Phi) is 2.79. The fourth-order valence-corrected chi connectivity index (χ4v) is 2.23. The van der Waals surface area contributed by atoms with Crippen molar-refractivity contribution in [1.82, 2.24) is 9.97 Å². The number of aliphatic hydroxyl groups is 3. The van der Waals surface area contributed by atoms with Gasteiger partial charge in [-0.15, -0.1) is 0 Å². The Morgan fingerprint density at radius 1 is 1.22 bits per heavy atom. The number of rotatable bonds is 2. The number of aliphatic hydroxyl groups excluding tert-OH is 3. The molecule has 1 aliphatic heterocycles. The van der Waals surface area contributed by atoms with Gasteiger partial charge in [0.15, 0.2) is 0 Å². The van der Waals surface area contributed by atoms with Crippen molar-refractivity contribution in [1.29, 1.82) is 0 Å². The summed E-state index contributed by atoms with van der Waals surface area (Å²) in [5.41, 5.74) is 1.61. The number of imidazole rings is 1. The minimum atomic E-state index is -1.10. The van der Waals surface area contributed by atoms with Gasteiger partial charge in [-0.1, -0.05) is 12.1 Å². The number of H-pyrrole nitrogens is 1. The first-order chi connectivity index (χ1) is 8.70. The average Bonchev–Trinajstić information content (AvgIpc) is 2.92. The predicted molar refractivity (Wildman–Crippen MR) is 62.8 cm³/mol. The van der Waals surface area contributed by atoms with Crippen molar-refractivity contribution in [3.63, 3.8) is 0 Å². The normalized spacial score (nSPS) is 32.2. The van der Waals surface area contributed by atoms with Crippen molar-refractivity contribution in [3.8, 4) is 0 Å². The second-order valence-electron chi connectivity index (χ2n) is 4.40. The molecular formula is C12H14N2O4. The fraction of sp³-hybridized carbons (Fsp3) is 0.417. The van der Waals surface area contributed by atoms with E-state index in [0.717, 1.165) is 11.0 Å². The molecule has 3 rings (SSSR count). The van der Waals surface area contributed by atoms with E-state index in [1.807, 2.05) is 24.3 Å². The highest BCUT2D eigenvalue weighted by atomic mass is 16.6. The summed E-state index contributed by atoms with van der Waals surface area (Å²) in [5, 5.41) is 28.6. The molecule has 4 N–H and O–H groups in total. The van der Waals surface area contributed by atoms with Crippen LogP contribution in [0, 0.1) is 0 Å². The first-order valence-corrected chi connectivity index (χ1v) is 5.78. The van der Waals surface area contributed by atoms with E-state index in [9.17, 15) is 10.2 Å². The van der Waals surface area contributed by atoms with Crippen molar-refractivity contribution >= 4 is 11.0 Å². The van der Waals surface area contributed by atoms with Gasteiger partial charge in [-0.25, -0.2) is 4.98 Å². The van der Waals surface area contributed by atoms with Crippen LogP contribution in [0.15, 0.2) is 24.3 Å². The highest BCUT2D eigenvalue weighted by molar-refractivity contribution is 5.74. The van der Waals surface area contributed by atoms with E-state index < -0.39 is 24.4 Å². The average molecular weight is 250 g/mol. The third kappa shape index (κ3) is 1.70. The maximum Gasteiger partial charge on any atom is 0.144 e. The molecule has 1 aromatic carbocycles. The molecule has 2 heterocycles. The summed E-state index contributed by atoms with van der Waals surface area (Å²) >= 11 is 0. The Balaban J connectivity index is 1.95. The summed E-state index contributed by atoms with van der Waals surface area (Å²) in [4.78, 5) is 7.36. The summed E-state index contributed by atoms with van der Waals surface area (Å²) < 4.78 is 5.41. The molecule has 0 bridgehead atoms. The lowest BCUT2D eigenvalue weighted by molar-refractivity contribution is -0.0249. The van der Waals surface area contributed by atoms with Crippen molar-refractivity contribution in [3.05, 3.63) is 30.1 Å². The number of hydrogen-bond acceptors (Lipinski definition) is 5. The van der Waals surface area contributed by atoms with Crippen LogP contribution in [0.2, 0.25) is 0 Å². The molecule has 1 aromatic heterocycles. The maximum atomic E-state index is 9.89. The predicted octanol–water partition coefficient (Wildman–Crippen LogP) is -0.283. The molecule has 4 atom stereocenters. The van der Waals surface area contributed by atoms with Crippen LogP contribution in [-0.2, 0) is 4.74 Å². The topological polar surface area (TPSA) is 98.6 Å². The van der Waals surface area contributed by atoms with Gasteiger partial charge < -0.3 is 25.0 Å². The van der Waals surface area contributed by atoms with Crippen molar-refractivity contribution in [2.24, 2.45) is 0 Å². The standard InChI is InChI=1S/C12H14N2O4/c15-5-8-9(16)10(17)11(18-8)12-13-6-3-1-2-4-7(6)14-12/h1-4,8-11,15-17H,5H2,(H,13,14)/t8-,9+,10+,11?/m0/s1. The van der Waals surface area contributed by atoms with E-state index in [0.29, 0.717) is 5.82 Å². The summed E-state index contributed by atoms with van der Waals surface area (Å²) in [6.07, 6.45) is -3.72. The molecule has 6 heteroatoms. The molecule has 1 aliphatic rings. The lowest BCUT2D eigenvalue weighted by atomic mass is 10.1. The zero-order chi connectivity index (χ0) is 12.7. The zero-order valence-electron chi connectivity index (χ0n) is 9.52. The Hall–Kier alpha value is -1.47. The number of aromatic amines is 1. The number of ether oxygens (including phenoxy) is 1. The minimum absolute atomic E-state index is 0.338. The Bertz CT molecular complexity index is 523. The third-order valence-electron chi connectivity index (χ3n) is 3.22. The number of benzene rings is 1. The number of para-hydroxylation sites is 2. The SMILES string of the molecule is OC[C@@H]1OC(c2nc3ccccc3[nH]2)[C@H](O)[C@@H]1O. The highest BCUT2D eigenvalue weighted by Gasteiger charge is 2.44. The molecule has 0 spiro atoms. The Labute approximate surface area is 103 Å². The number of nitrogens with one attached hydrogen (secondary N) is 1. The van der Waals surface area contributed by atoms with Gasteiger partial charge in [0.25, 0.3) is 0 Å². The van der Waals surface area contributed by atoms with Crippen LogP contribution in [0.4, 0.5) is 0 Å². The second-order valence-corrected chi connectivity index (χ2v) is 4.40. The molecule has 1 unspecified atom stereocenters. The number of nitrogens with zero attached hydrogens (tertiary/aromatic N) is 1. The molecule has 0 radical (unpaired) electrons. The lowest BCUT2D eigenvalue weighted by Gasteiger charge is -2.11. The summed E-state index contributed by atoms with van der Waals surface area (Å²) in [6.45, 7) is -0.338. The van der Waals surface area contributed by atoms with Gasteiger partial charge in [0.05, 0.1) is 17.6 Å². The fourth-order valence-electron chi connectivity index (χ4n) is 2.23. The first kappa shape index (κ1) is 11.6. The molecule has 6 nitrogen and oxygen atoms in total. The van der Waals surface area contributed by atoms with Crippen molar-refractivity contribution < 1.29 is 20.1 Å². The van der Waals surface area contributed by atoms with E-state index >= 15 is 0 Å². The number of aromatic nitrogens is 2. The van der Waals surface area contributed by atoms with Crippen LogP contribution in [0.25, 0.3) is 11.0 Å². The van der Waals surface area contributed by atoms with Crippen LogP contribution in [0.3, 0.4) is 0 Å². The highest BCUT2D eigenvalue weighted by Crippen LogP contribution is 2.32. The number of hydrogen-bond donors (Lipinski definition) is 4. The molecule has 2 aromatic rings. The van der Waals surface area contributed by atoms with E-state index in [-0.39, 0.29) is 6.61 Å². The van der Waals surface area contributed by atoms with E-state index in [1.54, 1.807) is 0 Å². The van der Waals surface area contributed by atoms with Crippen LogP contribution in [0.5, 0.6) is 0 Å². The molecule has 0 saturated carbocycles. The van der Waals surface area contributed by atoms with Crippen LogP contribution in [-0.4, -0.2) is 50.2 Å². The summed E-state index contributed by atoms with van der Waals surface area (Å²) in [5.74, 6) is 0.457. The zero-order valence-corrected chi connectivity index (χ0v) is 9.52. The maximum absolute atomic E-state index is 9.89. The summed E-state index contributed by atoms with van der Waals surface area (Å²) in [6, 6.07) is 7.45.